The van der Waals surface area contributed by atoms with Crippen molar-refractivity contribution in [3.63, 3.8) is 0 Å². The fourth-order valence-corrected chi connectivity index (χ4v) is 3.28. The first-order valence-corrected chi connectivity index (χ1v) is 8.56. The van der Waals surface area contributed by atoms with Gasteiger partial charge in [0.05, 0.1) is 0 Å². The molecule has 1 aromatic rings. The summed E-state index contributed by atoms with van der Waals surface area (Å²) in [5.74, 6) is 1.12. The third kappa shape index (κ3) is 4.83. The molecule has 5 heteroatoms. The van der Waals surface area contributed by atoms with E-state index in [4.69, 9.17) is 0 Å². The number of benzene rings is 1. The molecule has 22 heavy (non-hydrogen) atoms. The number of carbonyl (C=O) groups excluding carboxylic acids is 2. The summed E-state index contributed by atoms with van der Waals surface area (Å²) in [6, 6.07) is 7.18. The highest BCUT2D eigenvalue weighted by Gasteiger charge is 2.24. The van der Waals surface area contributed by atoms with Gasteiger partial charge in [-0.05, 0) is 42.5 Å². The number of hydrogen-bond acceptors (Lipinski definition) is 2. The Morgan fingerprint density at radius 3 is 2.36 bits per heavy atom. The Hall–Kier alpha value is -1.36. The highest BCUT2D eigenvalue weighted by atomic mass is 79.9. The summed E-state index contributed by atoms with van der Waals surface area (Å²) >= 11 is 3.34. The monoisotopic (exact) mass is 366 g/mol. The summed E-state index contributed by atoms with van der Waals surface area (Å²) < 4.78 is 0.938. The lowest BCUT2D eigenvalue weighted by atomic mass is 9.92. The van der Waals surface area contributed by atoms with Crippen LogP contribution >= 0.6 is 15.9 Å². The van der Waals surface area contributed by atoms with E-state index >= 15 is 0 Å². The molecule has 1 aliphatic heterocycles. The molecule has 2 atom stereocenters. The van der Waals surface area contributed by atoms with E-state index < -0.39 is 0 Å². The van der Waals surface area contributed by atoms with Crippen molar-refractivity contribution in [1.82, 2.24) is 10.2 Å². The Morgan fingerprint density at radius 2 is 1.77 bits per heavy atom. The molecule has 0 unspecified atom stereocenters. The summed E-state index contributed by atoms with van der Waals surface area (Å²) in [5.41, 5.74) is 0.607. The quantitative estimate of drug-likeness (QED) is 0.889. The first-order chi connectivity index (χ1) is 10.5. The van der Waals surface area contributed by atoms with Gasteiger partial charge in [0.1, 0.15) is 0 Å². The zero-order valence-corrected chi connectivity index (χ0v) is 14.7. The number of amides is 2. The minimum atomic E-state index is -0.138. The van der Waals surface area contributed by atoms with Crippen LogP contribution in [0.25, 0.3) is 0 Å². The lowest BCUT2D eigenvalue weighted by Gasteiger charge is -2.35. The van der Waals surface area contributed by atoms with Gasteiger partial charge in [0.2, 0.25) is 5.91 Å². The van der Waals surface area contributed by atoms with Crippen LogP contribution in [0.1, 0.15) is 37.0 Å². The van der Waals surface area contributed by atoms with Gasteiger partial charge in [0, 0.05) is 36.1 Å². The SMILES string of the molecule is C[C@H]1C[C@H](C)CN(C(=O)CCNC(=O)c2ccc(Br)cc2)C1. The number of piperidine rings is 1. The lowest BCUT2D eigenvalue weighted by molar-refractivity contribution is -0.133. The maximum absolute atomic E-state index is 12.2. The second-order valence-electron chi connectivity index (χ2n) is 6.26. The minimum Gasteiger partial charge on any atom is -0.352 e. The molecule has 0 aliphatic carbocycles. The van der Waals surface area contributed by atoms with Gasteiger partial charge < -0.3 is 10.2 Å². The van der Waals surface area contributed by atoms with Gasteiger partial charge in [0.25, 0.3) is 5.91 Å². The Morgan fingerprint density at radius 1 is 1.18 bits per heavy atom. The molecule has 1 aromatic carbocycles. The molecule has 4 nitrogen and oxygen atoms in total. The van der Waals surface area contributed by atoms with E-state index in [9.17, 15) is 9.59 Å². The van der Waals surface area contributed by atoms with Crippen molar-refractivity contribution < 1.29 is 9.59 Å². The highest BCUT2D eigenvalue weighted by Crippen LogP contribution is 2.21. The number of halogens is 1. The van der Waals surface area contributed by atoms with Crippen LogP contribution in [0.5, 0.6) is 0 Å². The van der Waals surface area contributed by atoms with Crippen LogP contribution in [0.3, 0.4) is 0 Å². The smallest absolute Gasteiger partial charge is 0.251 e. The summed E-state index contributed by atoms with van der Waals surface area (Å²) in [5, 5.41) is 2.81. The van der Waals surface area contributed by atoms with Crippen molar-refractivity contribution in [3.8, 4) is 0 Å². The molecule has 1 aliphatic rings. The third-order valence-electron chi connectivity index (χ3n) is 3.95. The molecule has 2 rings (SSSR count). The van der Waals surface area contributed by atoms with Gasteiger partial charge in [-0.15, -0.1) is 0 Å². The number of carbonyl (C=O) groups is 2. The molecule has 0 saturated carbocycles. The van der Waals surface area contributed by atoms with Gasteiger partial charge in [-0.1, -0.05) is 29.8 Å². The van der Waals surface area contributed by atoms with Crippen molar-refractivity contribution in [2.24, 2.45) is 11.8 Å². The molecule has 0 spiro atoms. The molecule has 1 saturated heterocycles. The van der Waals surface area contributed by atoms with E-state index in [-0.39, 0.29) is 11.8 Å². The van der Waals surface area contributed by atoms with Gasteiger partial charge >= 0.3 is 0 Å². The topological polar surface area (TPSA) is 49.4 Å². The normalized spacial score (nSPS) is 21.5. The maximum Gasteiger partial charge on any atom is 0.251 e. The zero-order chi connectivity index (χ0) is 16.1. The molecular weight excluding hydrogens is 344 g/mol. The molecular formula is C17H23BrN2O2. The fraction of sp³-hybridized carbons (Fsp3) is 0.529. The zero-order valence-electron chi connectivity index (χ0n) is 13.1. The number of hydrogen-bond donors (Lipinski definition) is 1. The maximum atomic E-state index is 12.2. The van der Waals surface area contributed by atoms with Crippen molar-refractivity contribution >= 4 is 27.7 Å². The molecule has 1 fully saturated rings. The van der Waals surface area contributed by atoms with Gasteiger partial charge in [-0.3, -0.25) is 9.59 Å². The molecule has 120 valence electrons. The van der Waals surface area contributed by atoms with Crippen LogP contribution in [0.2, 0.25) is 0 Å². The van der Waals surface area contributed by atoms with E-state index in [0.717, 1.165) is 17.6 Å². The molecule has 1 heterocycles. The Kier molecular flexibility index (Phi) is 6.00. The van der Waals surface area contributed by atoms with Crippen molar-refractivity contribution in [2.75, 3.05) is 19.6 Å². The molecule has 0 bridgehead atoms. The van der Waals surface area contributed by atoms with Crippen molar-refractivity contribution in [1.29, 1.82) is 0 Å². The second-order valence-corrected chi connectivity index (χ2v) is 7.17. The van der Waals surface area contributed by atoms with Crippen molar-refractivity contribution in [3.05, 3.63) is 34.3 Å². The first-order valence-electron chi connectivity index (χ1n) is 7.77. The molecule has 2 amide bonds. The molecule has 1 N–H and O–H groups in total. The minimum absolute atomic E-state index is 0.134. The third-order valence-corrected chi connectivity index (χ3v) is 4.48. The van der Waals surface area contributed by atoms with Gasteiger partial charge in [-0.2, -0.15) is 0 Å². The van der Waals surface area contributed by atoms with Crippen LogP contribution in [0.15, 0.2) is 28.7 Å². The van der Waals surface area contributed by atoms with E-state index in [1.807, 2.05) is 17.0 Å². The average Bonchev–Trinajstić information content (AvgIpc) is 2.46. The van der Waals surface area contributed by atoms with Gasteiger partial charge in [-0.25, -0.2) is 0 Å². The predicted molar refractivity (Wildman–Crippen MR) is 90.6 cm³/mol. The molecule has 0 aromatic heterocycles. The van der Waals surface area contributed by atoms with Crippen LogP contribution < -0.4 is 5.32 Å². The Labute approximate surface area is 140 Å². The Bertz CT molecular complexity index is 520. The lowest BCUT2D eigenvalue weighted by Crippen LogP contribution is -2.43. The molecule has 0 radical (unpaired) electrons. The average molecular weight is 367 g/mol. The summed E-state index contributed by atoms with van der Waals surface area (Å²) in [6.07, 6.45) is 1.55. The van der Waals surface area contributed by atoms with E-state index in [1.54, 1.807) is 12.1 Å². The first kappa shape index (κ1) is 17.0. The van der Waals surface area contributed by atoms with E-state index in [0.29, 0.717) is 30.4 Å². The van der Waals surface area contributed by atoms with Crippen LogP contribution in [0.4, 0.5) is 0 Å². The van der Waals surface area contributed by atoms with Gasteiger partial charge in [0.15, 0.2) is 0 Å². The summed E-state index contributed by atoms with van der Waals surface area (Å²) in [7, 11) is 0. The number of likely N-dealkylation sites (tertiary alicyclic amines) is 1. The number of rotatable bonds is 4. The second kappa shape index (κ2) is 7.77. The Balaban J connectivity index is 1.77. The van der Waals surface area contributed by atoms with Crippen molar-refractivity contribution in [2.45, 2.75) is 26.7 Å². The fourth-order valence-electron chi connectivity index (χ4n) is 3.01. The van der Waals surface area contributed by atoms with Crippen LogP contribution in [-0.2, 0) is 4.79 Å². The highest BCUT2D eigenvalue weighted by molar-refractivity contribution is 9.10. The predicted octanol–water partition coefficient (Wildman–Crippen LogP) is 3.07. The summed E-state index contributed by atoms with van der Waals surface area (Å²) in [6.45, 7) is 6.43. The number of nitrogens with zero attached hydrogens (tertiary/aromatic N) is 1. The van der Waals surface area contributed by atoms with E-state index in [2.05, 4.69) is 35.1 Å². The summed E-state index contributed by atoms with van der Waals surface area (Å²) in [4.78, 5) is 26.1. The van der Waals surface area contributed by atoms with E-state index in [1.165, 1.54) is 6.42 Å². The number of nitrogens with one attached hydrogen (secondary N) is 1. The van der Waals surface area contributed by atoms with Crippen LogP contribution in [0, 0.1) is 11.8 Å². The largest absolute Gasteiger partial charge is 0.352 e. The standard InChI is InChI=1S/C17H23BrN2O2/c1-12-9-13(2)11-20(10-12)16(21)7-8-19-17(22)14-3-5-15(18)6-4-14/h3-6,12-13H,7-11H2,1-2H3,(H,19,22)/t12-,13-/m0/s1. The van der Waals surface area contributed by atoms with Crippen LogP contribution in [-0.4, -0.2) is 36.3 Å².